The van der Waals surface area contributed by atoms with Gasteiger partial charge in [-0.3, -0.25) is 14.6 Å². The zero-order valence-corrected chi connectivity index (χ0v) is 24.0. The number of aliphatic imine (C=N–C) groups is 1. The summed E-state index contributed by atoms with van der Waals surface area (Å²) in [5, 5.41) is 5.13. The molecule has 0 saturated carbocycles. The molecule has 1 aromatic heterocycles. The highest BCUT2D eigenvalue weighted by atomic mass is 35.5. The lowest BCUT2D eigenvalue weighted by atomic mass is 10.0. The molecule has 0 bridgehead atoms. The van der Waals surface area contributed by atoms with Gasteiger partial charge in [0, 0.05) is 43.8 Å². The van der Waals surface area contributed by atoms with Crippen LogP contribution in [-0.4, -0.2) is 43.0 Å². The first-order valence-corrected chi connectivity index (χ1v) is 13.9. The van der Waals surface area contributed by atoms with Gasteiger partial charge in [0.05, 0.1) is 33.6 Å². The van der Waals surface area contributed by atoms with E-state index >= 15 is 0 Å². The minimum atomic E-state index is -4.65. The fourth-order valence-corrected chi connectivity index (χ4v) is 4.83. The van der Waals surface area contributed by atoms with Crippen molar-refractivity contribution in [2.24, 2.45) is 4.99 Å². The predicted octanol–water partition coefficient (Wildman–Crippen LogP) is 7.44. The molecule has 1 aliphatic heterocycles. The summed E-state index contributed by atoms with van der Waals surface area (Å²) in [6, 6.07) is 12.2. The first-order chi connectivity index (χ1) is 20.1. The maximum atomic E-state index is 13.9. The minimum Gasteiger partial charge on any atom is -0.361 e. The highest BCUT2D eigenvalue weighted by Crippen LogP contribution is 2.36. The Labute approximate surface area is 247 Å². The van der Waals surface area contributed by atoms with Crippen molar-refractivity contribution in [2.45, 2.75) is 38.8 Å². The number of piperidine rings is 1. The van der Waals surface area contributed by atoms with Crippen LogP contribution in [-0.2, 0) is 12.6 Å². The van der Waals surface area contributed by atoms with Crippen LogP contribution in [0.1, 0.15) is 58.0 Å². The maximum absolute atomic E-state index is 13.9. The SMILES string of the molecule is CCc1cccc(C(=O)Nc2cnc(N3CCCCC3)cc2C(=O)/C(C=NC)=C/Nc2ccc(Cl)c(C(F)(F)F)c2)c1. The fraction of sp³-hybridized carbons (Fsp3) is 0.290. The number of hydrogen-bond donors (Lipinski definition) is 2. The Balaban J connectivity index is 1.70. The minimum absolute atomic E-state index is 0.0558. The topological polar surface area (TPSA) is 86.7 Å². The second-order valence-electron chi connectivity index (χ2n) is 9.80. The van der Waals surface area contributed by atoms with Gasteiger partial charge in [0.2, 0.25) is 0 Å². The van der Waals surface area contributed by atoms with Gasteiger partial charge >= 0.3 is 6.18 Å². The molecule has 1 fully saturated rings. The largest absolute Gasteiger partial charge is 0.417 e. The number of rotatable bonds is 9. The normalized spacial score (nSPS) is 14.2. The highest BCUT2D eigenvalue weighted by Gasteiger charge is 2.33. The van der Waals surface area contributed by atoms with Gasteiger partial charge < -0.3 is 15.5 Å². The number of carbonyl (C=O) groups excluding carboxylic acids is 2. The maximum Gasteiger partial charge on any atom is 0.417 e. The molecule has 0 radical (unpaired) electrons. The molecule has 1 saturated heterocycles. The van der Waals surface area contributed by atoms with Crippen molar-refractivity contribution in [1.29, 1.82) is 0 Å². The first kappa shape index (κ1) is 30.8. The second-order valence-corrected chi connectivity index (χ2v) is 10.2. The summed E-state index contributed by atoms with van der Waals surface area (Å²) in [6.07, 6.45) is 3.25. The third-order valence-electron chi connectivity index (χ3n) is 6.86. The third kappa shape index (κ3) is 7.55. The van der Waals surface area contributed by atoms with Crippen molar-refractivity contribution in [1.82, 2.24) is 4.98 Å². The van der Waals surface area contributed by atoms with Gasteiger partial charge in [0.25, 0.3) is 5.91 Å². The fourth-order valence-electron chi connectivity index (χ4n) is 4.60. The molecular weight excluding hydrogens is 567 g/mol. The van der Waals surface area contributed by atoms with Gasteiger partial charge in [0.15, 0.2) is 5.78 Å². The summed E-state index contributed by atoms with van der Waals surface area (Å²) in [5.41, 5.74) is 0.930. The molecule has 42 heavy (non-hydrogen) atoms. The van der Waals surface area contributed by atoms with Crippen molar-refractivity contribution in [3.8, 4) is 0 Å². The van der Waals surface area contributed by atoms with Crippen molar-refractivity contribution in [2.75, 3.05) is 35.7 Å². The summed E-state index contributed by atoms with van der Waals surface area (Å²) < 4.78 is 40.1. The Morgan fingerprint density at radius 2 is 1.86 bits per heavy atom. The van der Waals surface area contributed by atoms with Gasteiger partial charge in [-0.2, -0.15) is 13.2 Å². The Bertz CT molecular complexity index is 1510. The van der Waals surface area contributed by atoms with Crippen molar-refractivity contribution in [3.05, 3.63) is 93.8 Å². The van der Waals surface area contributed by atoms with Crippen LogP contribution >= 0.6 is 11.6 Å². The summed E-state index contributed by atoms with van der Waals surface area (Å²) in [4.78, 5) is 37.7. The number of aryl methyl sites for hydroxylation is 1. The molecule has 11 heteroatoms. The van der Waals surface area contributed by atoms with Gasteiger partial charge in [-0.15, -0.1) is 0 Å². The number of allylic oxidation sites excluding steroid dienone is 1. The Morgan fingerprint density at radius 3 is 2.55 bits per heavy atom. The lowest BCUT2D eigenvalue weighted by Gasteiger charge is -2.28. The lowest BCUT2D eigenvalue weighted by molar-refractivity contribution is -0.137. The van der Waals surface area contributed by atoms with Crippen molar-refractivity contribution >= 4 is 46.7 Å². The highest BCUT2D eigenvalue weighted by molar-refractivity contribution is 6.31. The second kappa shape index (κ2) is 13.7. The molecule has 1 amide bonds. The van der Waals surface area contributed by atoms with Gasteiger partial charge in [0.1, 0.15) is 5.82 Å². The van der Waals surface area contributed by atoms with Crippen LogP contribution in [0.3, 0.4) is 0 Å². The summed E-state index contributed by atoms with van der Waals surface area (Å²) in [7, 11) is 1.47. The molecule has 7 nitrogen and oxygen atoms in total. The molecular formula is C31H31ClF3N5O2. The van der Waals surface area contributed by atoms with Crippen LogP contribution in [0.15, 0.2) is 71.5 Å². The van der Waals surface area contributed by atoms with Crippen LogP contribution in [0.4, 0.5) is 30.4 Å². The van der Waals surface area contributed by atoms with Crippen LogP contribution in [0.25, 0.3) is 0 Å². The van der Waals surface area contributed by atoms with E-state index in [-0.39, 0.29) is 22.5 Å². The number of aromatic nitrogens is 1. The molecule has 0 atom stereocenters. The molecule has 4 rings (SSSR count). The standard InChI is InChI=1S/C31H31ClF3N5O2/c1-3-20-8-7-9-21(14-20)30(42)39-27-19-38-28(40-12-5-4-6-13-40)16-24(27)29(41)22(17-36-2)18-37-23-10-11-26(32)25(15-23)31(33,34)35/h7-11,14-19,37H,3-6,12-13H2,1-2H3,(H,39,42)/b22-18+,36-17?. The number of ketones is 1. The molecule has 220 valence electrons. The number of amides is 1. The summed E-state index contributed by atoms with van der Waals surface area (Å²) in [5.74, 6) is -0.311. The predicted molar refractivity (Wildman–Crippen MR) is 161 cm³/mol. The number of alkyl halides is 3. The lowest BCUT2D eigenvalue weighted by Crippen LogP contribution is -2.30. The molecule has 0 aliphatic carbocycles. The number of pyridine rings is 1. The molecule has 0 unspecified atom stereocenters. The monoisotopic (exact) mass is 597 g/mol. The number of nitrogens with one attached hydrogen (secondary N) is 2. The number of carbonyl (C=O) groups is 2. The average Bonchev–Trinajstić information content (AvgIpc) is 2.99. The molecule has 3 aromatic rings. The zero-order valence-electron chi connectivity index (χ0n) is 23.3. The Kier molecular flexibility index (Phi) is 10.0. The van der Waals surface area contributed by atoms with Gasteiger partial charge in [-0.25, -0.2) is 4.98 Å². The summed E-state index contributed by atoms with van der Waals surface area (Å²) >= 11 is 5.74. The van der Waals surface area contributed by atoms with Crippen LogP contribution in [0.2, 0.25) is 5.02 Å². The molecule has 1 aliphatic rings. The van der Waals surface area contributed by atoms with E-state index in [1.807, 2.05) is 13.0 Å². The smallest absolute Gasteiger partial charge is 0.361 e. The molecule has 2 N–H and O–H groups in total. The Hall–Kier alpha value is -4.18. The first-order valence-electron chi connectivity index (χ1n) is 13.6. The molecule has 0 spiro atoms. The van der Waals surface area contributed by atoms with E-state index in [4.69, 9.17) is 11.6 Å². The third-order valence-corrected chi connectivity index (χ3v) is 7.19. The number of hydrogen-bond acceptors (Lipinski definition) is 6. The quantitative estimate of drug-likeness (QED) is 0.152. The Morgan fingerprint density at radius 1 is 1.10 bits per heavy atom. The van der Waals surface area contributed by atoms with E-state index in [1.54, 1.807) is 24.3 Å². The van der Waals surface area contributed by atoms with E-state index in [9.17, 15) is 22.8 Å². The zero-order chi connectivity index (χ0) is 30.3. The van der Waals surface area contributed by atoms with Gasteiger partial charge in [-0.1, -0.05) is 30.7 Å². The number of Topliss-reactive ketones (excluding diaryl/α,β-unsaturated/α-hetero) is 1. The van der Waals surface area contributed by atoms with Crippen LogP contribution in [0, 0.1) is 0 Å². The number of nitrogens with zero attached hydrogens (tertiary/aromatic N) is 3. The average molecular weight is 598 g/mol. The van der Waals surface area contributed by atoms with E-state index in [2.05, 4.69) is 25.5 Å². The molecule has 2 heterocycles. The van der Waals surface area contributed by atoms with E-state index in [0.29, 0.717) is 11.4 Å². The number of anilines is 3. The molecule has 2 aromatic carbocycles. The van der Waals surface area contributed by atoms with Crippen LogP contribution < -0.4 is 15.5 Å². The van der Waals surface area contributed by atoms with E-state index in [0.717, 1.165) is 56.5 Å². The number of halogens is 4. The van der Waals surface area contributed by atoms with Crippen molar-refractivity contribution in [3.63, 3.8) is 0 Å². The summed E-state index contributed by atoms with van der Waals surface area (Å²) in [6.45, 7) is 3.56. The van der Waals surface area contributed by atoms with Crippen LogP contribution in [0.5, 0.6) is 0 Å². The van der Waals surface area contributed by atoms with E-state index < -0.39 is 28.5 Å². The van der Waals surface area contributed by atoms with Crippen molar-refractivity contribution < 1.29 is 22.8 Å². The number of benzene rings is 2. The van der Waals surface area contributed by atoms with E-state index in [1.165, 1.54) is 31.7 Å². The van der Waals surface area contributed by atoms with Gasteiger partial charge in [-0.05, 0) is 67.6 Å².